The van der Waals surface area contributed by atoms with Gasteiger partial charge in [0.25, 0.3) is 0 Å². The van der Waals surface area contributed by atoms with Crippen molar-refractivity contribution in [2.24, 2.45) is 15.4 Å². The Hall–Kier alpha value is -2.25. The van der Waals surface area contributed by atoms with Gasteiger partial charge in [0.1, 0.15) is 5.69 Å². The number of aromatic nitrogens is 3. The monoisotopic (exact) mass is 450 g/mol. The fourth-order valence-electron chi connectivity index (χ4n) is 3.48. The van der Waals surface area contributed by atoms with Gasteiger partial charge in [-0.25, -0.2) is 18.7 Å². The first-order valence-electron chi connectivity index (χ1n) is 9.14. The second-order valence-electron chi connectivity index (χ2n) is 7.23. The van der Waals surface area contributed by atoms with Crippen molar-refractivity contribution in [1.82, 2.24) is 14.8 Å². The number of nitrogens with one attached hydrogen (secondary N) is 1. The Kier molecular flexibility index (Phi) is 5.82. The van der Waals surface area contributed by atoms with E-state index in [1.54, 1.807) is 6.92 Å². The number of halogens is 4. The number of aryl methyl sites for hydroxylation is 1. The second kappa shape index (κ2) is 7.78. The molecule has 3 atom stereocenters. The summed E-state index contributed by atoms with van der Waals surface area (Å²) in [5.41, 5.74) is -0.507. The van der Waals surface area contributed by atoms with E-state index in [0.29, 0.717) is 18.4 Å². The minimum atomic E-state index is -4.69. The van der Waals surface area contributed by atoms with Crippen molar-refractivity contribution in [3.8, 4) is 0 Å². The molecule has 0 amide bonds. The minimum absolute atomic E-state index is 0.00249. The average molecular weight is 450 g/mol. The number of pyridine rings is 1. The van der Waals surface area contributed by atoms with E-state index in [-0.39, 0.29) is 29.4 Å². The van der Waals surface area contributed by atoms with Gasteiger partial charge < -0.3 is 10.4 Å². The molecule has 0 radical (unpaired) electrons. The van der Waals surface area contributed by atoms with Crippen LogP contribution in [-0.4, -0.2) is 30.4 Å². The van der Waals surface area contributed by atoms with Crippen LogP contribution in [0, 0.1) is 18.7 Å². The molecular weight excluding hydrogens is 428 g/mol. The summed E-state index contributed by atoms with van der Waals surface area (Å²) in [6.45, 7) is 5.05. The van der Waals surface area contributed by atoms with Crippen LogP contribution in [0.4, 0.5) is 23.2 Å². The standard InChI is InChI=1S/C17H22F4N6O2S/c1-4-27-7-11(18)15(25-27)30(22,29)26-16(28)24-13-9(3)14(17(19,20)21)23-12-6-8(2)5-10(12)13/h7-8,16,28H,4-6H2,1-3H3,(H,23,24)(H2,22,26,29). The number of anilines is 1. The molecule has 3 unspecified atom stereocenters. The molecule has 3 rings (SSSR count). The van der Waals surface area contributed by atoms with Crippen LogP contribution >= 0.6 is 0 Å². The molecule has 0 fully saturated rings. The molecule has 0 aliphatic heterocycles. The van der Waals surface area contributed by atoms with Gasteiger partial charge in [-0.3, -0.25) is 4.68 Å². The molecule has 13 heteroatoms. The predicted molar refractivity (Wildman–Crippen MR) is 101 cm³/mol. The highest BCUT2D eigenvalue weighted by Gasteiger charge is 2.38. The van der Waals surface area contributed by atoms with E-state index < -0.39 is 39.0 Å². The molecule has 0 spiro atoms. The lowest BCUT2D eigenvalue weighted by atomic mass is 10.0. The Morgan fingerprint density at radius 3 is 2.70 bits per heavy atom. The molecule has 8 nitrogen and oxygen atoms in total. The number of rotatable bonds is 5. The summed E-state index contributed by atoms with van der Waals surface area (Å²) < 4.78 is 71.5. The quantitative estimate of drug-likeness (QED) is 0.478. The smallest absolute Gasteiger partial charge is 0.355 e. The topological polar surface area (TPSA) is 118 Å². The highest BCUT2D eigenvalue weighted by molar-refractivity contribution is 7.91. The number of hydrogen-bond donors (Lipinski definition) is 3. The van der Waals surface area contributed by atoms with Gasteiger partial charge >= 0.3 is 6.18 Å². The number of aliphatic hydroxyl groups is 1. The molecule has 2 aromatic heterocycles. The van der Waals surface area contributed by atoms with Crippen molar-refractivity contribution >= 4 is 15.6 Å². The Labute approximate surface area is 170 Å². The van der Waals surface area contributed by atoms with E-state index in [4.69, 9.17) is 5.14 Å². The lowest BCUT2D eigenvalue weighted by Crippen LogP contribution is -2.25. The van der Waals surface area contributed by atoms with Crippen LogP contribution in [-0.2, 0) is 35.5 Å². The number of alkyl halides is 3. The molecule has 2 aromatic rings. The van der Waals surface area contributed by atoms with Crippen molar-refractivity contribution in [3.05, 3.63) is 34.5 Å². The molecule has 1 aliphatic carbocycles. The fourth-order valence-corrected chi connectivity index (χ4v) is 4.48. The normalized spacial score (nSPS) is 19.3. The minimum Gasteiger partial charge on any atom is -0.355 e. The summed E-state index contributed by atoms with van der Waals surface area (Å²) in [5.74, 6) is -0.898. The molecule has 0 bridgehead atoms. The van der Waals surface area contributed by atoms with Crippen molar-refractivity contribution < 1.29 is 26.9 Å². The van der Waals surface area contributed by atoms with Crippen LogP contribution in [0.15, 0.2) is 15.6 Å². The van der Waals surface area contributed by atoms with Crippen LogP contribution in [0.25, 0.3) is 0 Å². The summed E-state index contributed by atoms with van der Waals surface area (Å²) in [4.78, 5) is 3.77. The Balaban J connectivity index is 2.01. The van der Waals surface area contributed by atoms with Gasteiger partial charge in [0.2, 0.25) is 11.4 Å². The Morgan fingerprint density at radius 2 is 2.13 bits per heavy atom. The molecule has 166 valence electrons. The number of fused-ring (bicyclic) bond motifs is 1. The first-order chi connectivity index (χ1) is 13.8. The third-order valence-electron chi connectivity index (χ3n) is 4.81. The van der Waals surface area contributed by atoms with E-state index >= 15 is 0 Å². The molecule has 0 saturated heterocycles. The second-order valence-corrected chi connectivity index (χ2v) is 8.96. The van der Waals surface area contributed by atoms with Crippen molar-refractivity contribution in [2.75, 3.05) is 5.32 Å². The molecule has 0 aromatic carbocycles. The van der Waals surface area contributed by atoms with Gasteiger partial charge in [-0.2, -0.15) is 22.6 Å². The summed E-state index contributed by atoms with van der Waals surface area (Å²) in [6, 6.07) is 0. The summed E-state index contributed by atoms with van der Waals surface area (Å²) >= 11 is 0. The van der Waals surface area contributed by atoms with Gasteiger partial charge in [-0.1, -0.05) is 6.92 Å². The van der Waals surface area contributed by atoms with E-state index in [1.807, 2.05) is 6.92 Å². The van der Waals surface area contributed by atoms with E-state index in [1.165, 1.54) is 6.92 Å². The van der Waals surface area contributed by atoms with Crippen LogP contribution in [0.3, 0.4) is 0 Å². The van der Waals surface area contributed by atoms with Crippen LogP contribution in [0.2, 0.25) is 0 Å². The number of nitrogens with two attached hydrogens (primary N) is 1. The van der Waals surface area contributed by atoms with E-state index in [9.17, 15) is 26.9 Å². The van der Waals surface area contributed by atoms with E-state index in [0.717, 1.165) is 10.9 Å². The van der Waals surface area contributed by atoms with Crippen LogP contribution < -0.4 is 10.5 Å². The van der Waals surface area contributed by atoms with Crippen LogP contribution in [0.1, 0.15) is 36.4 Å². The Bertz CT molecular complexity index is 1090. The highest BCUT2D eigenvalue weighted by Crippen LogP contribution is 2.40. The zero-order chi connectivity index (χ0) is 22.4. The predicted octanol–water partition coefficient (Wildman–Crippen LogP) is 2.59. The fraction of sp³-hybridized carbons (Fsp3) is 0.529. The lowest BCUT2D eigenvalue weighted by molar-refractivity contribution is -0.141. The van der Waals surface area contributed by atoms with Crippen molar-refractivity contribution in [3.63, 3.8) is 0 Å². The zero-order valence-electron chi connectivity index (χ0n) is 16.5. The van der Waals surface area contributed by atoms with Gasteiger partial charge in [0.15, 0.2) is 15.7 Å². The zero-order valence-corrected chi connectivity index (χ0v) is 17.3. The highest BCUT2D eigenvalue weighted by atomic mass is 32.2. The SMILES string of the molecule is CCn1cc(F)c(S(N)(=O)=NC(O)Nc2c(C)c(C(F)(F)F)nc3c2CC(C)C3)n1. The summed E-state index contributed by atoms with van der Waals surface area (Å²) in [5, 5.41) is 21.4. The van der Waals surface area contributed by atoms with Gasteiger partial charge in [0.05, 0.1) is 6.20 Å². The number of nitrogens with zero attached hydrogens (tertiary/aromatic N) is 4. The first kappa shape index (κ1) is 22.4. The molecule has 30 heavy (non-hydrogen) atoms. The summed E-state index contributed by atoms with van der Waals surface area (Å²) in [6.07, 6.45) is -4.87. The average Bonchev–Trinajstić information content (AvgIpc) is 3.18. The van der Waals surface area contributed by atoms with Gasteiger partial charge in [-0.05, 0) is 38.2 Å². The van der Waals surface area contributed by atoms with E-state index in [2.05, 4.69) is 19.8 Å². The number of hydrogen-bond acceptors (Lipinski definition) is 6. The largest absolute Gasteiger partial charge is 0.433 e. The van der Waals surface area contributed by atoms with Crippen molar-refractivity contribution in [2.45, 2.75) is 57.7 Å². The Morgan fingerprint density at radius 1 is 1.47 bits per heavy atom. The maximum Gasteiger partial charge on any atom is 0.433 e. The summed E-state index contributed by atoms with van der Waals surface area (Å²) in [7, 11) is -3.96. The lowest BCUT2D eigenvalue weighted by Gasteiger charge is -2.20. The first-order valence-corrected chi connectivity index (χ1v) is 10.7. The molecule has 4 N–H and O–H groups in total. The maximum atomic E-state index is 14.0. The molecule has 2 heterocycles. The molecular formula is C17H22F4N6O2S. The third-order valence-corrected chi connectivity index (χ3v) is 6.15. The third kappa shape index (κ3) is 4.27. The van der Waals surface area contributed by atoms with Crippen LogP contribution in [0.5, 0.6) is 0 Å². The number of aliphatic hydroxyl groups excluding tert-OH is 1. The molecule has 0 saturated carbocycles. The van der Waals surface area contributed by atoms with Gasteiger partial charge in [-0.15, -0.1) is 0 Å². The maximum absolute atomic E-state index is 14.0. The molecule has 1 aliphatic rings. The van der Waals surface area contributed by atoms with Crippen molar-refractivity contribution in [1.29, 1.82) is 0 Å². The van der Waals surface area contributed by atoms with Gasteiger partial charge in [0, 0.05) is 23.5 Å².